The van der Waals surface area contributed by atoms with Crippen LogP contribution in [-0.2, 0) is 19.0 Å². The highest BCUT2D eigenvalue weighted by molar-refractivity contribution is 5.86. The third-order valence-corrected chi connectivity index (χ3v) is 3.92. The number of ketones is 1. The largest absolute Gasteiger partial charge is 0.357 e. The zero-order valence-electron chi connectivity index (χ0n) is 9.51. The van der Waals surface area contributed by atoms with Crippen molar-refractivity contribution in [2.24, 2.45) is 11.8 Å². The third-order valence-electron chi connectivity index (χ3n) is 3.92. The predicted molar refractivity (Wildman–Crippen MR) is 55.8 cm³/mol. The van der Waals surface area contributed by atoms with Crippen LogP contribution in [0.5, 0.6) is 0 Å². The van der Waals surface area contributed by atoms with E-state index in [1.165, 1.54) is 0 Å². The molecule has 3 heterocycles. The lowest BCUT2D eigenvalue weighted by Crippen LogP contribution is -2.56. The Kier molecular flexibility index (Phi) is 2.21. The zero-order chi connectivity index (χ0) is 11.3. The van der Waals surface area contributed by atoms with E-state index in [0.717, 1.165) is 0 Å². The van der Waals surface area contributed by atoms with Gasteiger partial charge in [0.05, 0.1) is 25.2 Å². The fraction of sp³-hybridized carbons (Fsp3) is 0.750. The Morgan fingerprint density at radius 3 is 2.69 bits per heavy atom. The van der Waals surface area contributed by atoms with Gasteiger partial charge < -0.3 is 14.2 Å². The Labute approximate surface area is 94.5 Å². The molecule has 0 amide bonds. The van der Waals surface area contributed by atoms with E-state index in [1.54, 1.807) is 0 Å². The van der Waals surface area contributed by atoms with Crippen LogP contribution < -0.4 is 0 Å². The number of rotatable bonds is 1. The van der Waals surface area contributed by atoms with Crippen LogP contribution >= 0.6 is 0 Å². The molecule has 2 fully saturated rings. The monoisotopic (exact) mass is 224 g/mol. The molecular formula is C12H16O4. The molecule has 0 N–H and O–H groups in total. The number of Topliss-reactive ketones (excluding diaryl/α,β-unsaturated/α-hetero) is 1. The Morgan fingerprint density at radius 2 is 2.00 bits per heavy atom. The molecule has 0 saturated carbocycles. The summed E-state index contributed by atoms with van der Waals surface area (Å²) in [6, 6.07) is 0. The first-order valence-electron chi connectivity index (χ1n) is 5.79. The lowest BCUT2D eigenvalue weighted by atomic mass is 9.79. The summed E-state index contributed by atoms with van der Waals surface area (Å²) in [5.74, 6) is -0.0378. The van der Waals surface area contributed by atoms with Crippen molar-refractivity contribution in [3.8, 4) is 0 Å². The number of carbonyl (C=O) groups is 1. The zero-order valence-corrected chi connectivity index (χ0v) is 9.51. The van der Waals surface area contributed by atoms with Crippen LogP contribution in [0, 0.1) is 11.8 Å². The Hall–Kier alpha value is -0.710. The highest BCUT2D eigenvalue weighted by Gasteiger charge is 2.58. The summed E-state index contributed by atoms with van der Waals surface area (Å²) in [5.41, 5.74) is -0.690. The second kappa shape index (κ2) is 3.39. The van der Waals surface area contributed by atoms with E-state index in [2.05, 4.69) is 0 Å². The van der Waals surface area contributed by atoms with Gasteiger partial charge in [-0.25, -0.2) is 0 Å². The number of fused-ring (bicyclic) bond motifs is 2. The predicted octanol–water partition coefficient (Wildman–Crippen LogP) is 0.908. The van der Waals surface area contributed by atoms with Crippen LogP contribution in [0.2, 0.25) is 0 Å². The molecule has 0 aromatic rings. The van der Waals surface area contributed by atoms with Gasteiger partial charge in [0.1, 0.15) is 11.4 Å². The summed E-state index contributed by atoms with van der Waals surface area (Å²) in [4.78, 5) is 12.1. The number of carbonyl (C=O) groups excluding carboxylic acids is 1. The fourth-order valence-electron chi connectivity index (χ4n) is 2.81. The summed E-state index contributed by atoms with van der Waals surface area (Å²) in [5, 5.41) is 0. The Balaban J connectivity index is 1.95. The van der Waals surface area contributed by atoms with Gasteiger partial charge in [0.15, 0.2) is 6.29 Å². The molecule has 4 nitrogen and oxygen atoms in total. The van der Waals surface area contributed by atoms with Gasteiger partial charge in [-0.2, -0.15) is 0 Å². The first kappa shape index (κ1) is 10.4. The fourth-order valence-corrected chi connectivity index (χ4v) is 2.81. The van der Waals surface area contributed by atoms with Crippen molar-refractivity contribution in [3.05, 3.63) is 12.2 Å². The molecule has 88 valence electrons. The molecule has 0 unspecified atom stereocenters. The van der Waals surface area contributed by atoms with Crippen molar-refractivity contribution in [1.29, 1.82) is 0 Å². The van der Waals surface area contributed by atoms with Crippen LogP contribution in [0.3, 0.4) is 0 Å². The molecule has 3 rings (SSSR count). The maximum Gasteiger partial charge on any atom is 0.191 e. The smallest absolute Gasteiger partial charge is 0.191 e. The molecule has 3 aliphatic rings. The van der Waals surface area contributed by atoms with E-state index in [0.29, 0.717) is 13.2 Å². The maximum atomic E-state index is 12.1. The average Bonchev–Trinajstić information content (AvgIpc) is 2.92. The topological polar surface area (TPSA) is 44.8 Å². The lowest BCUT2D eigenvalue weighted by molar-refractivity contribution is -0.225. The standard InChI is InChI=1S/C12H16O4/c1-7-9-3-4-12(16-9,8(2)10(7)13)11-14-5-6-15-11/h3-4,7-9,11H,5-6H2,1-2H3/t7-,8-,9-,12+/m0/s1. The minimum atomic E-state index is -0.690. The van der Waals surface area contributed by atoms with Gasteiger partial charge in [0.2, 0.25) is 0 Å². The van der Waals surface area contributed by atoms with Gasteiger partial charge in [-0.1, -0.05) is 19.9 Å². The van der Waals surface area contributed by atoms with Crippen molar-refractivity contribution >= 4 is 5.78 Å². The highest BCUT2D eigenvalue weighted by Crippen LogP contribution is 2.45. The number of ether oxygens (including phenoxy) is 3. The molecule has 0 aliphatic carbocycles. The SMILES string of the molecule is C[C@@H]1C(=O)[C@H](C)[C@@]2(C3OCCO3)C=C[C@@H]1O2. The molecule has 4 heteroatoms. The van der Waals surface area contributed by atoms with E-state index in [9.17, 15) is 4.79 Å². The summed E-state index contributed by atoms with van der Waals surface area (Å²) in [7, 11) is 0. The van der Waals surface area contributed by atoms with E-state index in [4.69, 9.17) is 14.2 Å². The van der Waals surface area contributed by atoms with Gasteiger partial charge in [-0.3, -0.25) is 4.79 Å². The van der Waals surface area contributed by atoms with E-state index < -0.39 is 11.9 Å². The van der Waals surface area contributed by atoms with Crippen LogP contribution in [0.25, 0.3) is 0 Å². The van der Waals surface area contributed by atoms with Gasteiger partial charge >= 0.3 is 0 Å². The quantitative estimate of drug-likeness (QED) is 0.621. The molecule has 2 bridgehead atoms. The molecule has 0 radical (unpaired) electrons. The minimum absolute atomic E-state index is 0.0664. The van der Waals surface area contributed by atoms with Crippen LogP contribution in [-0.4, -0.2) is 37.0 Å². The van der Waals surface area contributed by atoms with Crippen LogP contribution in [0.1, 0.15) is 13.8 Å². The van der Waals surface area contributed by atoms with E-state index in [-0.39, 0.29) is 23.7 Å². The summed E-state index contributed by atoms with van der Waals surface area (Å²) >= 11 is 0. The van der Waals surface area contributed by atoms with Crippen molar-refractivity contribution in [3.63, 3.8) is 0 Å². The first-order valence-corrected chi connectivity index (χ1v) is 5.79. The first-order chi connectivity index (χ1) is 7.65. The molecular weight excluding hydrogens is 208 g/mol. The Morgan fingerprint density at radius 1 is 1.31 bits per heavy atom. The summed E-state index contributed by atoms with van der Waals surface area (Å²) < 4.78 is 17.0. The van der Waals surface area contributed by atoms with Gasteiger partial charge in [0.25, 0.3) is 0 Å². The average molecular weight is 224 g/mol. The lowest BCUT2D eigenvalue weighted by Gasteiger charge is -2.42. The Bertz CT molecular complexity index is 345. The van der Waals surface area contributed by atoms with Gasteiger partial charge in [-0.05, 0) is 6.08 Å². The van der Waals surface area contributed by atoms with Crippen molar-refractivity contribution in [1.82, 2.24) is 0 Å². The molecule has 4 atom stereocenters. The van der Waals surface area contributed by atoms with Gasteiger partial charge in [0, 0.05) is 5.92 Å². The molecule has 0 aromatic carbocycles. The molecule has 2 saturated heterocycles. The highest BCUT2D eigenvalue weighted by atomic mass is 16.7. The summed E-state index contributed by atoms with van der Waals surface area (Å²) in [6.45, 7) is 4.96. The van der Waals surface area contributed by atoms with Crippen LogP contribution in [0.4, 0.5) is 0 Å². The minimum Gasteiger partial charge on any atom is -0.357 e. The number of hydrogen-bond acceptors (Lipinski definition) is 4. The van der Waals surface area contributed by atoms with Gasteiger partial charge in [-0.15, -0.1) is 0 Å². The maximum absolute atomic E-state index is 12.1. The van der Waals surface area contributed by atoms with Crippen LogP contribution in [0.15, 0.2) is 12.2 Å². The van der Waals surface area contributed by atoms with E-state index in [1.807, 2.05) is 26.0 Å². The third kappa shape index (κ3) is 1.18. The second-order valence-electron chi connectivity index (χ2n) is 4.78. The molecule has 0 aromatic heterocycles. The number of hydrogen-bond donors (Lipinski definition) is 0. The normalized spacial score (nSPS) is 47.9. The molecule has 0 spiro atoms. The van der Waals surface area contributed by atoms with Crippen molar-refractivity contribution in [2.45, 2.75) is 31.8 Å². The van der Waals surface area contributed by atoms with Crippen molar-refractivity contribution < 1.29 is 19.0 Å². The van der Waals surface area contributed by atoms with E-state index >= 15 is 0 Å². The molecule has 3 aliphatic heterocycles. The summed E-state index contributed by atoms with van der Waals surface area (Å²) in [6.07, 6.45) is 3.38. The molecule has 16 heavy (non-hydrogen) atoms. The van der Waals surface area contributed by atoms with Crippen molar-refractivity contribution in [2.75, 3.05) is 13.2 Å². The second-order valence-corrected chi connectivity index (χ2v) is 4.78.